The van der Waals surface area contributed by atoms with Crippen molar-refractivity contribution in [1.82, 2.24) is 0 Å². The molecule has 0 saturated heterocycles. The minimum absolute atomic E-state index is 0.0389. The van der Waals surface area contributed by atoms with E-state index >= 15 is 0 Å². The first-order valence-electron chi connectivity index (χ1n) is 9.49. The quantitative estimate of drug-likeness (QED) is 0.378. The molecule has 0 spiro atoms. The van der Waals surface area contributed by atoms with Gasteiger partial charge in [-0.25, -0.2) is 9.59 Å². The van der Waals surface area contributed by atoms with Crippen molar-refractivity contribution in [2.45, 2.75) is 46.1 Å². The van der Waals surface area contributed by atoms with E-state index in [1.54, 1.807) is 6.07 Å². The van der Waals surface area contributed by atoms with E-state index in [1.807, 2.05) is 0 Å². The maximum Gasteiger partial charge on any atom is 0.344 e. The van der Waals surface area contributed by atoms with Crippen LogP contribution < -0.4 is 4.74 Å². The first-order chi connectivity index (χ1) is 13.3. The number of esters is 2. The summed E-state index contributed by atoms with van der Waals surface area (Å²) in [6.45, 7) is 5.32. The number of para-hydroxylation sites is 2. The number of carbonyl (C=O) groups is 2. The molecule has 0 amide bonds. The van der Waals surface area contributed by atoms with E-state index in [9.17, 15) is 19.7 Å². The zero-order valence-electron chi connectivity index (χ0n) is 16.5. The number of carbonyl (C=O) groups excluding carboxylic acids is 2. The van der Waals surface area contributed by atoms with Gasteiger partial charge in [0, 0.05) is 6.07 Å². The molecule has 1 saturated carbocycles. The summed E-state index contributed by atoms with van der Waals surface area (Å²) in [5.74, 6) is -0.231. The molecule has 0 heterocycles. The van der Waals surface area contributed by atoms with E-state index in [2.05, 4.69) is 20.8 Å². The minimum atomic E-state index is -0.799. The second kappa shape index (κ2) is 10.1. The highest BCUT2D eigenvalue weighted by atomic mass is 16.6. The molecule has 1 aromatic carbocycles. The van der Waals surface area contributed by atoms with Gasteiger partial charge in [0.05, 0.1) is 4.92 Å². The number of rotatable bonds is 8. The Bertz CT molecular complexity index is 704. The Morgan fingerprint density at radius 2 is 1.89 bits per heavy atom. The van der Waals surface area contributed by atoms with Crippen molar-refractivity contribution in [3.05, 3.63) is 34.4 Å². The van der Waals surface area contributed by atoms with Crippen LogP contribution >= 0.6 is 0 Å². The molecule has 8 heteroatoms. The number of hydrogen-bond donors (Lipinski definition) is 0. The van der Waals surface area contributed by atoms with Crippen LogP contribution in [-0.4, -0.2) is 36.2 Å². The molecule has 28 heavy (non-hydrogen) atoms. The Labute approximate surface area is 164 Å². The van der Waals surface area contributed by atoms with Crippen LogP contribution in [0.3, 0.4) is 0 Å². The zero-order valence-corrected chi connectivity index (χ0v) is 16.5. The molecule has 2 rings (SSSR count). The van der Waals surface area contributed by atoms with Crippen LogP contribution in [0.25, 0.3) is 0 Å². The van der Waals surface area contributed by atoms with Crippen molar-refractivity contribution in [2.75, 3.05) is 13.2 Å². The molecule has 1 aromatic rings. The number of benzene rings is 1. The smallest absolute Gasteiger partial charge is 0.344 e. The maximum atomic E-state index is 12.1. The molecule has 3 atom stereocenters. The molecule has 1 aliphatic carbocycles. The number of nitro benzene ring substituents is 1. The van der Waals surface area contributed by atoms with Gasteiger partial charge in [0.1, 0.15) is 6.10 Å². The highest BCUT2D eigenvalue weighted by Gasteiger charge is 2.33. The topological polar surface area (TPSA) is 105 Å². The van der Waals surface area contributed by atoms with Crippen LogP contribution in [0.15, 0.2) is 24.3 Å². The predicted molar refractivity (Wildman–Crippen MR) is 101 cm³/mol. The Balaban J connectivity index is 1.79. The molecule has 0 unspecified atom stereocenters. The average Bonchev–Trinajstić information content (AvgIpc) is 2.64. The van der Waals surface area contributed by atoms with Gasteiger partial charge in [0.2, 0.25) is 0 Å². The summed E-state index contributed by atoms with van der Waals surface area (Å²) in [5, 5.41) is 10.9. The number of nitro groups is 1. The van der Waals surface area contributed by atoms with E-state index in [0.717, 1.165) is 19.3 Å². The van der Waals surface area contributed by atoms with Crippen molar-refractivity contribution < 1.29 is 28.7 Å². The fourth-order valence-corrected chi connectivity index (χ4v) is 3.50. The summed E-state index contributed by atoms with van der Waals surface area (Å²) in [4.78, 5) is 34.2. The van der Waals surface area contributed by atoms with Gasteiger partial charge in [-0.1, -0.05) is 39.3 Å². The monoisotopic (exact) mass is 393 g/mol. The van der Waals surface area contributed by atoms with Crippen molar-refractivity contribution in [1.29, 1.82) is 0 Å². The minimum Gasteiger partial charge on any atom is -0.475 e. The predicted octanol–water partition coefficient (Wildman–Crippen LogP) is 3.52. The van der Waals surface area contributed by atoms with Crippen LogP contribution in [0.2, 0.25) is 0 Å². The fourth-order valence-electron chi connectivity index (χ4n) is 3.50. The maximum absolute atomic E-state index is 12.1. The number of hydrogen-bond acceptors (Lipinski definition) is 7. The van der Waals surface area contributed by atoms with Crippen LogP contribution in [0.4, 0.5) is 5.69 Å². The van der Waals surface area contributed by atoms with Gasteiger partial charge in [0.25, 0.3) is 0 Å². The second-order valence-corrected chi connectivity index (χ2v) is 7.53. The van der Waals surface area contributed by atoms with E-state index in [-0.39, 0.29) is 17.5 Å². The van der Waals surface area contributed by atoms with E-state index < -0.39 is 30.1 Å². The Morgan fingerprint density at radius 3 is 2.57 bits per heavy atom. The fraction of sp³-hybridized carbons (Fsp3) is 0.600. The SMILES string of the molecule is CC(C)[C@@H]1CC[C@@H](C)C[C@@H]1OC(=O)COC(=O)COc1ccccc1[N+](=O)[O-]. The molecule has 0 bridgehead atoms. The lowest BCUT2D eigenvalue weighted by Crippen LogP contribution is -2.37. The van der Waals surface area contributed by atoms with Gasteiger partial charge < -0.3 is 14.2 Å². The van der Waals surface area contributed by atoms with Crippen LogP contribution in [0.5, 0.6) is 5.75 Å². The highest BCUT2D eigenvalue weighted by Crippen LogP contribution is 2.35. The van der Waals surface area contributed by atoms with Gasteiger partial charge in [0.15, 0.2) is 19.0 Å². The van der Waals surface area contributed by atoms with E-state index in [0.29, 0.717) is 17.8 Å². The van der Waals surface area contributed by atoms with Gasteiger partial charge in [-0.05, 0) is 36.7 Å². The average molecular weight is 393 g/mol. The summed E-state index contributed by atoms with van der Waals surface area (Å²) in [6, 6.07) is 5.71. The molecule has 0 radical (unpaired) electrons. The number of ether oxygens (including phenoxy) is 3. The number of nitrogens with zero attached hydrogens (tertiary/aromatic N) is 1. The van der Waals surface area contributed by atoms with Gasteiger partial charge in [-0.3, -0.25) is 10.1 Å². The van der Waals surface area contributed by atoms with Crippen molar-refractivity contribution >= 4 is 17.6 Å². The third-order valence-corrected chi connectivity index (χ3v) is 5.00. The first kappa shape index (κ1) is 21.7. The molecule has 154 valence electrons. The summed E-state index contributed by atoms with van der Waals surface area (Å²) >= 11 is 0. The van der Waals surface area contributed by atoms with Gasteiger partial charge in [-0.15, -0.1) is 0 Å². The van der Waals surface area contributed by atoms with Crippen LogP contribution in [-0.2, 0) is 19.1 Å². The Kier molecular flexibility index (Phi) is 7.78. The molecular formula is C20H27NO7. The third-order valence-electron chi connectivity index (χ3n) is 5.00. The molecular weight excluding hydrogens is 366 g/mol. The van der Waals surface area contributed by atoms with Crippen molar-refractivity contribution in [3.63, 3.8) is 0 Å². The van der Waals surface area contributed by atoms with Crippen LogP contribution in [0.1, 0.15) is 40.0 Å². The van der Waals surface area contributed by atoms with Crippen molar-refractivity contribution in [3.8, 4) is 5.75 Å². The van der Waals surface area contributed by atoms with E-state index in [1.165, 1.54) is 18.2 Å². The molecule has 1 aliphatic rings. The Hall–Kier alpha value is -2.64. The Morgan fingerprint density at radius 1 is 1.18 bits per heavy atom. The lowest BCUT2D eigenvalue weighted by molar-refractivity contribution is -0.385. The molecule has 8 nitrogen and oxygen atoms in total. The highest BCUT2D eigenvalue weighted by molar-refractivity contribution is 5.77. The normalized spacial score (nSPS) is 21.8. The summed E-state index contributed by atoms with van der Waals surface area (Å²) in [7, 11) is 0. The molecule has 0 aliphatic heterocycles. The van der Waals surface area contributed by atoms with Gasteiger partial charge >= 0.3 is 17.6 Å². The summed E-state index contributed by atoms with van der Waals surface area (Å²) in [5.41, 5.74) is -0.249. The summed E-state index contributed by atoms with van der Waals surface area (Å²) in [6.07, 6.45) is 2.77. The summed E-state index contributed by atoms with van der Waals surface area (Å²) < 4.78 is 15.6. The van der Waals surface area contributed by atoms with E-state index in [4.69, 9.17) is 14.2 Å². The molecule has 0 aromatic heterocycles. The van der Waals surface area contributed by atoms with Crippen LogP contribution in [0, 0.1) is 27.9 Å². The standard InChI is InChI=1S/C20H27NO7/c1-13(2)15-9-8-14(3)10-18(15)28-20(23)12-27-19(22)11-26-17-7-5-4-6-16(17)21(24)25/h4-7,13-15,18H,8-12H2,1-3H3/t14-,15+,18+/m1/s1. The third kappa shape index (κ3) is 6.21. The molecule has 1 fully saturated rings. The lowest BCUT2D eigenvalue weighted by Gasteiger charge is -2.36. The second-order valence-electron chi connectivity index (χ2n) is 7.53. The molecule has 0 N–H and O–H groups in total. The largest absolute Gasteiger partial charge is 0.475 e. The zero-order chi connectivity index (χ0) is 20.7. The lowest BCUT2D eigenvalue weighted by atomic mass is 9.75. The van der Waals surface area contributed by atoms with Crippen molar-refractivity contribution in [2.24, 2.45) is 17.8 Å². The first-order valence-corrected chi connectivity index (χ1v) is 9.49. The van der Waals surface area contributed by atoms with Gasteiger partial charge in [-0.2, -0.15) is 0 Å².